The van der Waals surface area contributed by atoms with Crippen LogP contribution in [0, 0.1) is 62.3 Å². The number of nitrogen functional groups attached to an aromatic ring is 1. The van der Waals surface area contributed by atoms with Crippen LogP contribution in [0.15, 0.2) is 150 Å². The quantitative estimate of drug-likeness (QED) is 0.161. The van der Waals surface area contributed by atoms with Gasteiger partial charge in [-0.2, -0.15) is 0 Å². The maximum atomic E-state index is 6.75. The van der Waals surface area contributed by atoms with E-state index in [1.165, 1.54) is 116 Å². The minimum atomic E-state index is -0.138. The molecule has 0 unspecified atom stereocenters. The summed E-state index contributed by atoms with van der Waals surface area (Å²) >= 11 is 82.9. The van der Waals surface area contributed by atoms with Crippen LogP contribution in [-0.2, 0) is 27.1 Å². The summed E-state index contributed by atoms with van der Waals surface area (Å²) < 4.78 is 1.19. The van der Waals surface area contributed by atoms with Crippen LogP contribution in [0.1, 0.15) is 179 Å². The second-order valence-corrected chi connectivity index (χ2v) is 38.8. The first-order valence-electron chi connectivity index (χ1n) is 36.6. The van der Waals surface area contributed by atoms with Crippen LogP contribution < -0.4 is 25.3 Å². The monoisotopic (exact) mass is 1780 g/mol. The minimum absolute atomic E-state index is 0.0663. The molecular weight excluding hydrogens is 1690 g/mol. The van der Waals surface area contributed by atoms with Crippen molar-refractivity contribution in [2.45, 2.75) is 179 Å². The van der Waals surface area contributed by atoms with Gasteiger partial charge < -0.3 is 25.3 Å². The summed E-state index contributed by atoms with van der Waals surface area (Å²) in [6.07, 6.45) is 0. The van der Waals surface area contributed by atoms with E-state index in [4.69, 9.17) is 145 Å². The molecule has 3 aliphatic heterocycles. The zero-order valence-electron chi connectivity index (χ0n) is 66.6. The van der Waals surface area contributed by atoms with Crippen LogP contribution in [-0.4, -0.2) is 0 Å². The van der Waals surface area contributed by atoms with Crippen molar-refractivity contribution in [1.82, 2.24) is 0 Å². The predicted octanol–water partition coefficient (Wildman–Crippen LogP) is 35.1. The molecule has 111 heavy (non-hydrogen) atoms. The molecule has 580 valence electrons. The van der Waals surface area contributed by atoms with Gasteiger partial charge in [-0.1, -0.05) is 306 Å². The third kappa shape index (κ3) is 15.7. The molecule has 14 rings (SSSR count). The largest absolute Gasteiger partial charge is 0.398 e. The maximum Gasteiger partial charge on any atom is 0.0837 e. The molecular formula is C93H92BrCl12N5. The Labute approximate surface area is 726 Å². The predicted molar refractivity (Wildman–Crippen MR) is 493 cm³/mol. The second-order valence-electron chi connectivity index (χ2n) is 33.2. The van der Waals surface area contributed by atoms with Gasteiger partial charge in [0.2, 0.25) is 0 Å². The van der Waals surface area contributed by atoms with Crippen molar-refractivity contribution in [3.05, 3.63) is 299 Å². The topological polar surface area (TPSA) is 39.0 Å². The van der Waals surface area contributed by atoms with E-state index in [0.717, 1.165) is 16.8 Å². The Morgan fingerprint density at radius 3 is 0.802 bits per heavy atom. The highest BCUT2D eigenvalue weighted by molar-refractivity contribution is 9.10. The van der Waals surface area contributed by atoms with E-state index in [1.54, 1.807) is 82.6 Å². The van der Waals surface area contributed by atoms with Crippen LogP contribution in [0.3, 0.4) is 0 Å². The van der Waals surface area contributed by atoms with E-state index in [-0.39, 0.29) is 27.1 Å². The van der Waals surface area contributed by atoms with E-state index < -0.39 is 0 Å². The van der Waals surface area contributed by atoms with Gasteiger partial charge in [-0.25, -0.2) is 0 Å². The Hall–Kier alpha value is -5.62. The summed E-state index contributed by atoms with van der Waals surface area (Å²) in [5.41, 5.74) is 38.2. The van der Waals surface area contributed by atoms with Crippen molar-refractivity contribution in [2.24, 2.45) is 0 Å². The van der Waals surface area contributed by atoms with Gasteiger partial charge in [-0.15, -0.1) is 0 Å². The number of anilines is 13. The molecule has 0 aromatic heterocycles. The van der Waals surface area contributed by atoms with Crippen molar-refractivity contribution in [2.75, 3.05) is 25.3 Å². The van der Waals surface area contributed by atoms with E-state index >= 15 is 0 Å². The van der Waals surface area contributed by atoms with E-state index in [2.05, 4.69) is 227 Å². The number of rotatable bonds is 7. The fourth-order valence-electron chi connectivity index (χ4n) is 15.2. The van der Waals surface area contributed by atoms with Crippen LogP contribution in [0.25, 0.3) is 0 Å². The van der Waals surface area contributed by atoms with Gasteiger partial charge in [-0.05, 0) is 253 Å². The lowest BCUT2D eigenvalue weighted by atomic mass is 9.64. The molecule has 11 aromatic carbocycles. The Balaban J connectivity index is 0.000000156. The molecule has 11 aromatic rings. The molecule has 3 aliphatic rings. The second kappa shape index (κ2) is 32.1. The summed E-state index contributed by atoms with van der Waals surface area (Å²) in [4.78, 5) is 8.68. The smallest absolute Gasteiger partial charge is 0.0837 e. The van der Waals surface area contributed by atoms with Gasteiger partial charge in [0.25, 0.3) is 0 Å². The molecule has 0 saturated carbocycles. The lowest BCUT2D eigenvalue weighted by Crippen LogP contribution is -2.41. The van der Waals surface area contributed by atoms with Crippen molar-refractivity contribution in [3.8, 4) is 0 Å². The standard InChI is InChI=1S/C39H44N2.2C22H17Cl6N.C10H14BrN/c1-21-22(2)24(4)33(25(5)23(21)3)40-31-17-13-15-27-35(31)41-34-29(38(27,9)10)19-26(37(6,7)8)20-30(34)39(11,12)28-16-14-18-32(40)36(28)41;2*1-22(2,3)12-10-17(27)21(18(28)11-12)29(19-13(23)6-4-7-14(19)24)20-15(25)8-5-9-16(20)26;1-5-7(3)10(12)8(4)6(2)9(5)11/h13-20H,1-12H3;2*4-11H,1-3H3;12H2,1-4H3. The summed E-state index contributed by atoms with van der Waals surface area (Å²) in [5, 5.41) is 4.93. The van der Waals surface area contributed by atoms with Gasteiger partial charge in [0.1, 0.15) is 0 Å². The average Bonchev–Trinajstić information content (AvgIpc) is 0.666. The molecule has 0 bridgehead atoms. The SMILES string of the molecule is CC(C)(C)c1cc(Cl)c(N(c2c(Cl)cccc2Cl)c2c(Cl)cccc2Cl)c(Cl)c1.CC(C)(C)c1cc(Cl)c(N(c2c(Cl)cccc2Cl)c2c(Cl)cccc2Cl)c(Cl)c1.Cc1c(C)c(Br)c(C)c(C)c1N.Cc1c(C)c(C)c(N2c3cccc4c3N3c5c2cccc5C(C)(C)c2cc(C(C)(C)C)cc(c23)C4(C)C)c(C)c1C. The van der Waals surface area contributed by atoms with E-state index in [9.17, 15) is 0 Å². The maximum absolute atomic E-state index is 6.75. The zero-order chi connectivity index (χ0) is 82.0. The fraction of sp³-hybridized carbons (Fsp3) is 0.290. The summed E-state index contributed by atoms with van der Waals surface area (Å²) in [5.74, 6) is 0. The summed E-state index contributed by atoms with van der Waals surface area (Å²) in [6, 6.07) is 47.4. The number of nitrogens with two attached hydrogens (primary N) is 1. The third-order valence-corrected chi connectivity index (χ3v) is 27.3. The van der Waals surface area contributed by atoms with Gasteiger partial charge >= 0.3 is 0 Å². The average molecular weight is 1790 g/mol. The number of hydrogen-bond acceptors (Lipinski definition) is 5. The van der Waals surface area contributed by atoms with Crippen LogP contribution in [0.4, 0.5) is 73.9 Å². The third-order valence-electron chi connectivity index (χ3n) is 22.5. The highest BCUT2D eigenvalue weighted by Crippen LogP contribution is 2.69. The van der Waals surface area contributed by atoms with Gasteiger partial charge in [-0.3, -0.25) is 0 Å². The lowest BCUT2D eigenvalue weighted by molar-refractivity contribution is 0.563. The minimum Gasteiger partial charge on any atom is -0.398 e. The first-order valence-corrected chi connectivity index (χ1v) is 41.9. The Morgan fingerprint density at radius 2 is 0.532 bits per heavy atom. The van der Waals surface area contributed by atoms with Crippen molar-refractivity contribution in [3.63, 3.8) is 0 Å². The van der Waals surface area contributed by atoms with Crippen molar-refractivity contribution < 1.29 is 0 Å². The molecule has 0 atom stereocenters. The number of halogens is 13. The molecule has 2 N–H and O–H groups in total. The van der Waals surface area contributed by atoms with E-state index in [0.29, 0.717) is 94.4 Å². The molecule has 18 heteroatoms. The van der Waals surface area contributed by atoms with E-state index in [1.807, 2.05) is 24.3 Å². The summed E-state index contributed by atoms with van der Waals surface area (Å²) in [7, 11) is 0. The van der Waals surface area contributed by atoms with Crippen LogP contribution >= 0.6 is 155 Å². The molecule has 0 saturated heterocycles. The lowest BCUT2D eigenvalue weighted by Gasteiger charge is -2.54. The zero-order valence-corrected chi connectivity index (χ0v) is 77.3. The first-order chi connectivity index (χ1) is 51.6. The fourth-order valence-corrected chi connectivity index (χ4v) is 19.3. The molecule has 0 amide bonds. The van der Waals surface area contributed by atoms with Crippen molar-refractivity contribution in [1.29, 1.82) is 0 Å². The molecule has 5 nitrogen and oxygen atoms in total. The Bertz CT molecular complexity index is 4960. The number of hydrogen-bond donors (Lipinski definition) is 1. The van der Waals surface area contributed by atoms with Crippen LogP contribution in [0.2, 0.25) is 60.3 Å². The highest BCUT2D eigenvalue weighted by atomic mass is 79.9. The Kier molecular flexibility index (Phi) is 25.0. The molecule has 0 fully saturated rings. The number of benzene rings is 11. The van der Waals surface area contributed by atoms with Gasteiger partial charge in [0.15, 0.2) is 0 Å². The van der Waals surface area contributed by atoms with Gasteiger partial charge in [0, 0.05) is 21.0 Å². The Morgan fingerprint density at radius 1 is 0.288 bits per heavy atom. The van der Waals surface area contributed by atoms with Gasteiger partial charge in [0.05, 0.1) is 129 Å². The van der Waals surface area contributed by atoms with Crippen LogP contribution in [0.5, 0.6) is 0 Å². The molecule has 0 spiro atoms. The molecule has 0 radical (unpaired) electrons. The molecule has 3 heterocycles. The normalized spacial score (nSPS) is 13.5. The summed E-state index contributed by atoms with van der Waals surface area (Å²) in [6.45, 7) is 49.1. The molecule has 0 aliphatic carbocycles. The van der Waals surface area contributed by atoms with Crippen molar-refractivity contribution >= 4 is 229 Å². The number of nitrogens with zero attached hydrogens (tertiary/aromatic N) is 4. The highest BCUT2D eigenvalue weighted by Gasteiger charge is 2.51. The number of para-hydroxylation sites is 6. The first kappa shape index (κ1) is 86.2.